The summed E-state index contributed by atoms with van der Waals surface area (Å²) in [4.78, 5) is 3.90. The summed E-state index contributed by atoms with van der Waals surface area (Å²) in [6.45, 7) is 0. The Morgan fingerprint density at radius 1 is 1.22 bits per heavy atom. The van der Waals surface area contributed by atoms with E-state index in [0.717, 1.165) is 12.1 Å². The van der Waals surface area contributed by atoms with Crippen molar-refractivity contribution in [2.75, 3.05) is 12.6 Å². The van der Waals surface area contributed by atoms with Crippen LogP contribution in [0.1, 0.15) is 0 Å². The van der Waals surface area contributed by atoms with Gasteiger partial charge in [-0.15, -0.1) is 0 Å². The first-order valence-corrected chi connectivity index (χ1v) is 5.05. The van der Waals surface area contributed by atoms with E-state index in [9.17, 15) is 8.78 Å². The fraction of sp³-hybridized carbons (Fsp3) is 0.0833. The molecule has 0 amide bonds. The van der Waals surface area contributed by atoms with Crippen molar-refractivity contribution in [1.82, 2.24) is 4.98 Å². The summed E-state index contributed by atoms with van der Waals surface area (Å²) >= 11 is 0. The molecule has 1 heterocycles. The van der Waals surface area contributed by atoms with E-state index >= 15 is 0 Å². The van der Waals surface area contributed by atoms with Gasteiger partial charge in [0.15, 0.2) is 0 Å². The van der Waals surface area contributed by atoms with Gasteiger partial charge in [-0.3, -0.25) is 10.7 Å². The van der Waals surface area contributed by atoms with Crippen LogP contribution in [0.2, 0.25) is 0 Å². The van der Waals surface area contributed by atoms with Crippen LogP contribution in [0.3, 0.4) is 0 Å². The van der Waals surface area contributed by atoms with Crippen molar-refractivity contribution in [1.29, 1.82) is 0 Å². The Balaban J connectivity index is 2.60. The van der Waals surface area contributed by atoms with E-state index in [1.165, 1.54) is 25.4 Å². The van der Waals surface area contributed by atoms with Gasteiger partial charge < -0.3 is 4.74 Å². The SMILES string of the molecule is COc1ncc(NO)cc1-c1ccc(F)cc1F. The summed E-state index contributed by atoms with van der Waals surface area (Å²) in [6.07, 6.45) is 1.32. The smallest absolute Gasteiger partial charge is 0.221 e. The van der Waals surface area contributed by atoms with E-state index in [2.05, 4.69) is 4.98 Å². The van der Waals surface area contributed by atoms with E-state index in [1.807, 2.05) is 5.48 Å². The molecule has 0 radical (unpaired) electrons. The van der Waals surface area contributed by atoms with Crippen molar-refractivity contribution in [2.45, 2.75) is 0 Å². The van der Waals surface area contributed by atoms with Gasteiger partial charge in [0.2, 0.25) is 5.88 Å². The van der Waals surface area contributed by atoms with E-state index in [4.69, 9.17) is 9.94 Å². The monoisotopic (exact) mass is 252 g/mol. The minimum atomic E-state index is -0.731. The molecule has 0 atom stereocenters. The molecule has 0 fully saturated rings. The van der Waals surface area contributed by atoms with Gasteiger partial charge in [-0.25, -0.2) is 13.8 Å². The lowest BCUT2D eigenvalue weighted by atomic mass is 10.1. The molecule has 2 rings (SSSR count). The average molecular weight is 252 g/mol. The van der Waals surface area contributed by atoms with Crippen LogP contribution >= 0.6 is 0 Å². The maximum Gasteiger partial charge on any atom is 0.221 e. The summed E-state index contributed by atoms with van der Waals surface area (Å²) in [6, 6.07) is 4.64. The predicted molar refractivity (Wildman–Crippen MR) is 61.6 cm³/mol. The average Bonchev–Trinajstić information content (AvgIpc) is 2.38. The molecule has 1 aromatic heterocycles. The number of pyridine rings is 1. The topological polar surface area (TPSA) is 54.4 Å². The van der Waals surface area contributed by atoms with Crippen LogP contribution in [0, 0.1) is 11.6 Å². The number of benzene rings is 1. The second-order valence-corrected chi connectivity index (χ2v) is 3.52. The van der Waals surface area contributed by atoms with Crippen LogP contribution in [-0.4, -0.2) is 17.3 Å². The van der Waals surface area contributed by atoms with Crippen molar-refractivity contribution >= 4 is 5.69 Å². The highest BCUT2D eigenvalue weighted by atomic mass is 19.1. The zero-order valence-corrected chi connectivity index (χ0v) is 9.45. The minimum Gasteiger partial charge on any atom is -0.481 e. The fourth-order valence-electron chi connectivity index (χ4n) is 1.58. The van der Waals surface area contributed by atoms with E-state index in [1.54, 1.807) is 0 Å². The number of nitrogens with one attached hydrogen (secondary N) is 1. The molecule has 0 saturated heterocycles. The van der Waals surface area contributed by atoms with Crippen LogP contribution in [0.15, 0.2) is 30.5 Å². The fourth-order valence-corrected chi connectivity index (χ4v) is 1.58. The van der Waals surface area contributed by atoms with Gasteiger partial charge in [-0.1, -0.05) is 0 Å². The first-order valence-electron chi connectivity index (χ1n) is 5.05. The molecular weight excluding hydrogens is 242 g/mol. The third kappa shape index (κ3) is 2.23. The first-order chi connectivity index (χ1) is 8.65. The Morgan fingerprint density at radius 3 is 2.61 bits per heavy atom. The Bertz CT molecular complexity index is 576. The molecule has 0 spiro atoms. The molecule has 94 valence electrons. The van der Waals surface area contributed by atoms with E-state index in [-0.39, 0.29) is 17.1 Å². The van der Waals surface area contributed by atoms with Crippen LogP contribution in [0.25, 0.3) is 11.1 Å². The number of hydrogen-bond acceptors (Lipinski definition) is 4. The van der Waals surface area contributed by atoms with Crippen molar-refractivity contribution < 1.29 is 18.7 Å². The standard InChI is InChI=1S/C12H10F2N2O2/c1-18-12-10(5-8(16-17)6-15-12)9-3-2-7(13)4-11(9)14/h2-6,16-17H,1H3. The lowest BCUT2D eigenvalue weighted by Crippen LogP contribution is -1.97. The van der Waals surface area contributed by atoms with Gasteiger partial charge in [-0.2, -0.15) is 0 Å². The molecule has 18 heavy (non-hydrogen) atoms. The first kappa shape index (κ1) is 12.3. The highest BCUT2D eigenvalue weighted by molar-refractivity contribution is 5.72. The van der Waals surface area contributed by atoms with Crippen molar-refractivity contribution in [3.8, 4) is 17.0 Å². The molecule has 0 unspecified atom stereocenters. The second kappa shape index (κ2) is 4.97. The van der Waals surface area contributed by atoms with Gasteiger partial charge in [-0.05, 0) is 18.2 Å². The van der Waals surface area contributed by atoms with Gasteiger partial charge in [0, 0.05) is 17.2 Å². The highest BCUT2D eigenvalue weighted by Crippen LogP contribution is 2.32. The highest BCUT2D eigenvalue weighted by Gasteiger charge is 2.13. The zero-order valence-electron chi connectivity index (χ0n) is 9.45. The minimum absolute atomic E-state index is 0.137. The number of halogens is 2. The number of methoxy groups -OCH3 is 1. The quantitative estimate of drug-likeness (QED) is 0.825. The Labute approximate surface area is 102 Å². The van der Waals surface area contributed by atoms with Gasteiger partial charge >= 0.3 is 0 Å². The third-order valence-electron chi connectivity index (χ3n) is 2.39. The zero-order chi connectivity index (χ0) is 13.1. The maximum absolute atomic E-state index is 13.7. The number of hydrogen-bond donors (Lipinski definition) is 2. The molecule has 2 aromatic rings. The molecule has 2 N–H and O–H groups in total. The molecule has 1 aromatic carbocycles. The summed E-state index contributed by atoms with van der Waals surface area (Å²) in [5, 5.41) is 8.80. The molecule has 0 bridgehead atoms. The lowest BCUT2D eigenvalue weighted by molar-refractivity contribution is 0.385. The number of rotatable bonds is 3. The molecular formula is C12H10F2N2O2. The molecule has 4 nitrogen and oxygen atoms in total. The summed E-state index contributed by atoms with van der Waals surface area (Å²) < 4.78 is 31.5. The summed E-state index contributed by atoms with van der Waals surface area (Å²) in [5.74, 6) is -1.22. The third-order valence-corrected chi connectivity index (χ3v) is 2.39. The molecule has 0 saturated carbocycles. The largest absolute Gasteiger partial charge is 0.481 e. The van der Waals surface area contributed by atoms with E-state index in [0.29, 0.717) is 5.56 Å². The Morgan fingerprint density at radius 2 is 2.00 bits per heavy atom. The van der Waals surface area contributed by atoms with Gasteiger partial charge in [0.25, 0.3) is 0 Å². The van der Waals surface area contributed by atoms with Crippen LogP contribution in [-0.2, 0) is 0 Å². The van der Waals surface area contributed by atoms with Crippen molar-refractivity contribution in [3.63, 3.8) is 0 Å². The van der Waals surface area contributed by atoms with Crippen molar-refractivity contribution in [2.24, 2.45) is 0 Å². The van der Waals surface area contributed by atoms with Crippen LogP contribution in [0.5, 0.6) is 5.88 Å². The molecule has 0 aliphatic heterocycles. The predicted octanol–water partition coefficient (Wildman–Crippen LogP) is 2.84. The van der Waals surface area contributed by atoms with Gasteiger partial charge in [0.1, 0.15) is 11.6 Å². The molecule has 0 aliphatic rings. The lowest BCUT2D eigenvalue weighted by Gasteiger charge is -2.10. The molecule has 0 aliphatic carbocycles. The van der Waals surface area contributed by atoms with Crippen LogP contribution < -0.4 is 10.2 Å². The number of ether oxygens (including phenoxy) is 1. The van der Waals surface area contributed by atoms with Crippen molar-refractivity contribution in [3.05, 3.63) is 42.1 Å². The Kier molecular flexibility index (Phi) is 3.38. The van der Waals surface area contributed by atoms with Gasteiger partial charge in [0.05, 0.1) is 19.0 Å². The second-order valence-electron chi connectivity index (χ2n) is 3.52. The normalized spacial score (nSPS) is 10.2. The number of aromatic nitrogens is 1. The Hall–Kier alpha value is -2.21. The number of anilines is 1. The number of nitrogens with zero attached hydrogens (tertiary/aromatic N) is 1. The van der Waals surface area contributed by atoms with Crippen LogP contribution in [0.4, 0.5) is 14.5 Å². The maximum atomic E-state index is 13.7. The molecule has 6 heteroatoms. The summed E-state index contributed by atoms with van der Waals surface area (Å²) in [7, 11) is 1.39. The summed E-state index contributed by atoms with van der Waals surface area (Å²) in [5.41, 5.74) is 2.63. The van der Waals surface area contributed by atoms with E-state index < -0.39 is 11.6 Å².